The number of benzene rings is 1. The highest BCUT2D eigenvalue weighted by Crippen LogP contribution is 2.27. The van der Waals surface area contributed by atoms with Gasteiger partial charge < -0.3 is 15.4 Å². The molecular weight excluding hydrogens is 354 g/mol. The summed E-state index contributed by atoms with van der Waals surface area (Å²) in [5, 5.41) is 17.2. The molecule has 0 radical (unpaired) electrons. The highest BCUT2D eigenvalue weighted by atomic mass is 32.1. The van der Waals surface area contributed by atoms with Crippen LogP contribution in [0.1, 0.15) is 20.8 Å². The molecule has 0 bridgehead atoms. The maximum Gasteiger partial charge on any atom is 0.315 e. The third kappa shape index (κ3) is 5.16. The van der Waals surface area contributed by atoms with Crippen LogP contribution in [0.4, 0.5) is 9.93 Å². The van der Waals surface area contributed by atoms with Gasteiger partial charge in [-0.2, -0.15) is 0 Å². The summed E-state index contributed by atoms with van der Waals surface area (Å²) in [6, 6.07) is 6.37. The van der Waals surface area contributed by atoms with Crippen molar-refractivity contribution in [1.82, 2.24) is 20.8 Å². The average Bonchev–Trinajstić information content (AvgIpc) is 3.08. The molecule has 2 rings (SSSR count). The summed E-state index contributed by atoms with van der Waals surface area (Å²) in [5.74, 6) is 0.346. The van der Waals surface area contributed by atoms with E-state index in [1.807, 2.05) is 45.0 Å². The first kappa shape index (κ1) is 19.6. The van der Waals surface area contributed by atoms with Crippen LogP contribution in [0.3, 0.4) is 0 Å². The molecule has 0 saturated heterocycles. The third-order valence-corrected chi connectivity index (χ3v) is 4.45. The van der Waals surface area contributed by atoms with Gasteiger partial charge in [-0.3, -0.25) is 10.1 Å². The first-order valence-electron chi connectivity index (χ1n) is 8.27. The number of rotatable bonds is 7. The van der Waals surface area contributed by atoms with Crippen LogP contribution in [0.5, 0.6) is 5.75 Å². The first-order chi connectivity index (χ1) is 12.4. The summed E-state index contributed by atoms with van der Waals surface area (Å²) in [6.45, 7) is 6.02. The Bertz CT molecular complexity index is 745. The summed E-state index contributed by atoms with van der Waals surface area (Å²) in [5.41, 5.74) is 0.879. The van der Waals surface area contributed by atoms with Crippen LogP contribution in [-0.2, 0) is 4.79 Å². The molecule has 140 valence electrons. The number of aromatic nitrogens is 2. The molecule has 0 saturated carbocycles. The predicted molar refractivity (Wildman–Crippen MR) is 101 cm³/mol. The zero-order valence-corrected chi connectivity index (χ0v) is 16.0. The van der Waals surface area contributed by atoms with E-state index < -0.39 is 6.04 Å². The number of carbonyl (C=O) groups is 2. The number of hydrogen-bond acceptors (Lipinski definition) is 6. The number of anilines is 1. The molecule has 2 aromatic rings. The van der Waals surface area contributed by atoms with Gasteiger partial charge in [0, 0.05) is 12.1 Å². The standard InChI is InChI=1S/C17H23N5O3S/c1-5-18-16(24)19-13(10(2)3)14(23)20-17-22-21-15(26-17)11-6-8-12(25-4)9-7-11/h6-10,13H,5H2,1-4H3,(H2,18,19,24)(H,20,22,23). The Morgan fingerprint density at radius 3 is 2.46 bits per heavy atom. The fourth-order valence-electron chi connectivity index (χ4n) is 2.19. The fraction of sp³-hybridized carbons (Fsp3) is 0.412. The Hall–Kier alpha value is -2.68. The maximum absolute atomic E-state index is 12.5. The minimum Gasteiger partial charge on any atom is -0.497 e. The van der Waals surface area contributed by atoms with Crippen molar-refractivity contribution in [2.24, 2.45) is 5.92 Å². The zero-order chi connectivity index (χ0) is 19.1. The molecule has 26 heavy (non-hydrogen) atoms. The number of carbonyl (C=O) groups excluding carboxylic acids is 2. The van der Waals surface area contributed by atoms with Crippen LogP contribution in [0.2, 0.25) is 0 Å². The number of nitrogens with zero attached hydrogens (tertiary/aromatic N) is 2. The van der Waals surface area contributed by atoms with Crippen molar-refractivity contribution in [3.05, 3.63) is 24.3 Å². The predicted octanol–water partition coefficient (Wildman–Crippen LogP) is 2.50. The molecule has 0 spiro atoms. The number of urea groups is 1. The fourth-order valence-corrected chi connectivity index (χ4v) is 2.95. The van der Waals surface area contributed by atoms with Crippen molar-refractivity contribution in [3.8, 4) is 16.3 Å². The van der Waals surface area contributed by atoms with Crippen LogP contribution in [0, 0.1) is 5.92 Å². The van der Waals surface area contributed by atoms with E-state index in [1.165, 1.54) is 11.3 Å². The number of ether oxygens (including phenoxy) is 1. The number of hydrogen-bond donors (Lipinski definition) is 3. The van der Waals surface area contributed by atoms with Crippen molar-refractivity contribution < 1.29 is 14.3 Å². The number of methoxy groups -OCH3 is 1. The summed E-state index contributed by atoms with van der Waals surface area (Å²) in [6.07, 6.45) is 0. The smallest absolute Gasteiger partial charge is 0.315 e. The number of amides is 3. The van der Waals surface area contributed by atoms with Gasteiger partial charge >= 0.3 is 6.03 Å². The molecule has 3 N–H and O–H groups in total. The van der Waals surface area contributed by atoms with E-state index in [4.69, 9.17) is 4.74 Å². The molecule has 1 unspecified atom stereocenters. The highest BCUT2D eigenvalue weighted by molar-refractivity contribution is 7.18. The Kier molecular flexibility index (Phi) is 6.90. The van der Waals surface area contributed by atoms with Crippen LogP contribution in [0.25, 0.3) is 10.6 Å². The molecule has 1 aromatic carbocycles. The Labute approximate surface area is 156 Å². The van der Waals surface area contributed by atoms with E-state index in [0.717, 1.165) is 11.3 Å². The van der Waals surface area contributed by atoms with Crippen molar-refractivity contribution in [3.63, 3.8) is 0 Å². The molecular formula is C17H23N5O3S. The number of nitrogens with one attached hydrogen (secondary N) is 3. The second-order valence-corrected chi connectivity index (χ2v) is 6.83. The van der Waals surface area contributed by atoms with Gasteiger partial charge in [-0.25, -0.2) is 4.79 Å². The maximum atomic E-state index is 12.5. The van der Waals surface area contributed by atoms with E-state index in [-0.39, 0.29) is 17.9 Å². The van der Waals surface area contributed by atoms with E-state index in [9.17, 15) is 9.59 Å². The molecule has 1 atom stereocenters. The van der Waals surface area contributed by atoms with Gasteiger partial charge in [0.25, 0.3) is 0 Å². The van der Waals surface area contributed by atoms with Gasteiger partial charge in [0.05, 0.1) is 7.11 Å². The lowest BCUT2D eigenvalue weighted by Crippen LogP contribution is -2.50. The van der Waals surface area contributed by atoms with Crippen molar-refractivity contribution in [2.75, 3.05) is 19.0 Å². The molecule has 8 nitrogen and oxygen atoms in total. The monoisotopic (exact) mass is 377 g/mol. The van der Waals surface area contributed by atoms with Crippen molar-refractivity contribution >= 4 is 28.4 Å². The van der Waals surface area contributed by atoms with Gasteiger partial charge in [-0.15, -0.1) is 10.2 Å². The van der Waals surface area contributed by atoms with Crippen LogP contribution in [0.15, 0.2) is 24.3 Å². The topological polar surface area (TPSA) is 105 Å². The van der Waals surface area contributed by atoms with Gasteiger partial charge in [0.2, 0.25) is 11.0 Å². The molecule has 0 fully saturated rings. The second-order valence-electron chi connectivity index (χ2n) is 5.86. The lowest BCUT2D eigenvalue weighted by Gasteiger charge is -2.20. The van der Waals surface area contributed by atoms with Gasteiger partial charge in [0.15, 0.2) is 0 Å². The Morgan fingerprint density at radius 1 is 1.19 bits per heavy atom. The molecule has 1 aromatic heterocycles. The Balaban J connectivity index is 2.05. The summed E-state index contributed by atoms with van der Waals surface area (Å²) in [7, 11) is 1.60. The minimum atomic E-state index is -0.671. The summed E-state index contributed by atoms with van der Waals surface area (Å²) < 4.78 is 5.13. The lowest BCUT2D eigenvalue weighted by molar-refractivity contribution is -0.118. The second kappa shape index (κ2) is 9.14. The van der Waals surface area contributed by atoms with E-state index in [1.54, 1.807) is 7.11 Å². The largest absolute Gasteiger partial charge is 0.497 e. The normalized spacial score (nSPS) is 11.7. The average molecular weight is 377 g/mol. The van der Waals surface area contributed by atoms with E-state index in [0.29, 0.717) is 16.7 Å². The van der Waals surface area contributed by atoms with Gasteiger partial charge in [-0.05, 0) is 37.1 Å². The highest BCUT2D eigenvalue weighted by Gasteiger charge is 2.25. The molecule has 3 amide bonds. The Morgan fingerprint density at radius 2 is 1.88 bits per heavy atom. The summed E-state index contributed by atoms with van der Waals surface area (Å²) >= 11 is 1.26. The van der Waals surface area contributed by atoms with Crippen LogP contribution in [-0.4, -0.2) is 41.8 Å². The molecule has 9 heteroatoms. The quantitative estimate of drug-likeness (QED) is 0.687. The van der Waals surface area contributed by atoms with Crippen molar-refractivity contribution in [2.45, 2.75) is 26.8 Å². The van der Waals surface area contributed by atoms with Gasteiger partial charge in [0.1, 0.15) is 16.8 Å². The van der Waals surface area contributed by atoms with Crippen molar-refractivity contribution in [1.29, 1.82) is 0 Å². The minimum absolute atomic E-state index is 0.0772. The molecule has 0 aliphatic rings. The van der Waals surface area contributed by atoms with E-state index in [2.05, 4.69) is 26.1 Å². The zero-order valence-electron chi connectivity index (χ0n) is 15.2. The van der Waals surface area contributed by atoms with Crippen LogP contribution >= 0.6 is 11.3 Å². The molecule has 0 aliphatic carbocycles. The van der Waals surface area contributed by atoms with Gasteiger partial charge in [-0.1, -0.05) is 25.2 Å². The molecule has 0 aliphatic heterocycles. The SMILES string of the molecule is CCNC(=O)NC(C(=O)Nc1nnc(-c2ccc(OC)cc2)s1)C(C)C. The first-order valence-corrected chi connectivity index (χ1v) is 9.09. The third-order valence-electron chi connectivity index (χ3n) is 3.57. The van der Waals surface area contributed by atoms with E-state index >= 15 is 0 Å². The summed E-state index contributed by atoms with van der Waals surface area (Å²) in [4.78, 5) is 24.2. The lowest BCUT2D eigenvalue weighted by atomic mass is 10.0. The van der Waals surface area contributed by atoms with Crippen LogP contribution < -0.4 is 20.7 Å². The molecule has 1 heterocycles.